The van der Waals surface area contributed by atoms with Gasteiger partial charge in [0.25, 0.3) is 0 Å². The molecule has 4 heteroatoms. The fourth-order valence-corrected chi connectivity index (χ4v) is 2.48. The number of carboxylic acids is 1. The first kappa shape index (κ1) is 15.4. The summed E-state index contributed by atoms with van der Waals surface area (Å²) in [5, 5.41) is 12.3. The van der Waals surface area contributed by atoms with Crippen molar-refractivity contribution in [2.24, 2.45) is 11.3 Å². The molecule has 1 saturated heterocycles. The highest BCUT2D eigenvalue weighted by Crippen LogP contribution is 2.20. The average molecular weight is 256 g/mol. The Morgan fingerprint density at radius 3 is 2.72 bits per heavy atom. The third-order valence-corrected chi connectivity index (χ3v) is 3.44. The zero-order valence-corrected chi connectivity index (χ0v) is 12.2. The SMILES string of the molecule is CC(C)CCN1CC(CC(=O)O)NCC(C)(C)C1. The normalized spacial score (nSPS) is 25.1. The predicted molar refractivity (Wildman–Crippen MR) is 73.7 cm³/mol. The molecule has 1 aliphatic heterocycles. The molecule has 2 N–H and O–H groups in total. The second-order valence-corrected chi connectivity index (χ2v) is 6.76. The molecule has 0 aliphatic carbocycles. The van der Waals surface area contributed by atoms with Crippen molar-refractivity contribution >= 4 is 5.97 Å². The monoisotopic (exact) mass is 256 g/mol. The average Bonchev–Trinajstić information content (AvgIpc) is 2.34. The maximum Gasteiger partial charge on any atom is 0.304 e. The Morgan fingerprint density at radius 1 is 1.50 bits per heavy atom. The first-order valence-electron chi connectivity index (χ1n) is 6.96. The molecule has 0 aromatic carbocycles. The lowest BCUT2D eigenvalue weighted by molar-refractivity contribution is -0.137. The quantitative estimate of drug-likeness (QED) is 0.787. The van der Waals surface area contributed by atoms with Gasteiger partial charge in [-0.1, -0.05) is 27.7 Å². The van der Waals surface area contributed by atoms with E-state index in [2.05, 4.69) is 37.9 Å². The number of hydrogen-bond acceptors (Lipinski definition) is 3. The molecule has 0 spiro atoms. The van der Waals surface area contributed by atoms with Gasteiger partial charge in [-0.15, -0.1) is 0 Å². The summed E-state index contributed by atoms with van der Waals surface area (Å²) in [6.07, 6.45) is 1.39. The van der Waals surface area contributed by atoms with Crippen LogP contribution in [0.25, 0.3) is 0 Å². The summed E-state index contributed by atoms with van der Waals surface area (Å²) in [7, 11) is 0. The van der Waals surface area contributed by atoms with Gasteiger partial charge in [0.2, 0.25) is 0 Å². The van der Waals surface area contributed by atoms with Gasteiger partial charge in [-0.05, 0) is 24.3 Å². The van der Waals surface area contributed by atoms with Gasteiger partial charge in [0.05, 0.1) is 6.42 Å². The summed E-state index contributed by atoms with van der Waals surface area (Å²) in [5.74, 6) is -0.0155. The summed E-state index contributed by atoms with van der Waals surface area (Å²) in [6, 6.07) is 0.0800. The minimum absolute atomic E-state index is 0.0800. The Balaban J connectivity index is 2.58. The van der Waals surface area contributed by atoms with E-state index in [1.807, 2.05) is 0 Å². The van der Waals surface area contributed by atoms with Crippen LogP contribution in [0.2, 0.25) is 0 Å². The predicted octanol–water partition coefficient (Wildman–Crippen LogP) is 1.81. The smallest absolute Gasteiger partial charge is 0.304 e. The van der Waals surface area contributed by atoms with Crippen molar-refractivity contribution in [2.75, 3.05) is 26.2 Å². The van der Waals surface area contributed by atoms with Crippen LogP contribution in [0.4, 0.5) is 0 Å². The van der Waals surface area contributed by atoms with Crippen LogP contribution in [-0.2, 0) is 4.79 Å². The number of nitrogens with zero attached hydrogens (tertiary/aromatic N) is 1. The molecular formula is C14H28N2O2. The van der Waals surface area contributed by atoms with Crippen LogP contribution in [0.1, 0.15) is 40.5 Å². The number of hydrogen-bond donors (Lipinski definition) is 2. The van der Waals surface area contributed by atoms with Gasteiger partial charge >= 0.3 is 5.97 Å². The molecule has 18 heavy (non-hydrogen) atoms. The lowest BCUT2D eigenvalue weighted by Gasteiger charge is -2.29. The van der Waals surface area contributed by atoms with Crippen molar-refractivity contribution in [2.45, 2.75) is 46.6 Å². The van der Waals surface area contributed by atoms with Crippen molar-refractivity contribution in [3.8, 4) is 0 Å². The van der Waals surface area contributed by atoms with Crippen LogP contribution in [0.15, 0.2) is 0 Å². The molecular weight excluding hydrogens is 228 g/mol. The van der Waals surface area contributed by atoms with Crippen LogP contribution < -0.4 is 5.32 Å². The number of carbonyl (C=O) groups is 1. The van der Waals surface area contributed by atoms with E-state index in [0.29, 0.717) is 5.92 Å². The van der Waals surface area contributed by atoms with E-state index in [-0.39, 0.29) is 17.9 Å². The second-order valence-electron chi connectivity index (χ2n) is 6.76. The number of aliphatic carboxylic acids is 1. The molecule has 1 unspecified atom stereocenters. The maximum absolute atomic E-state index is 10.9. The van der Waals surface area contributed by atoms with Crippen LogP contribution in [0.3, 0.4) is 0 Å². The highest BCUT2D eigenvalue weighted by atomic mass is 16.4. The zero-order chi connectivity index (χ0) is 13.8. The van der Waals surface area contributed by atoms with Crippen molar-refractivity contribution in [1.82, 2.24) is 10.2 Å². The molecule has 4 nitrogen and oxygen atoms in total. The van der Waals surface area contributed by atoms with Gasteiger partial charge in [-0.3, -0.25) is 4.79 Å². The van der Waals surface area contributed by atoms with Crippen LogP contribution in [0, 0.1) is 11.3 Å². The maximum atomic E-state index is 10.9. The number of rotatable bonds is 5. The molecule has 1 heterocycles. The lowest BCUT2D eigenvalue weighted by atomic mass is 9.93. The van der Waals surface area contributed by atoms with E-state index < -0.39 is 5.97 Å². The molecule has 1 fully saturated rings. The van der Waals surface area contributed by atoms with Gasteiger partial charge in [-0.25, -0.2) is 0 Å². The number of carboxylic acid groups (broad SMARTS) is 1. The first-order valence-corrected chi connectivity index (χ1v) is 6.96. The van der Waals surface area contributed by atoms with Gasteiger partial charge in [0, 0.05) is 25.7 Å². The van der Waals surface area contributed by atoms with Crippen molar-refractivity contribution in [1.29, 1.82) is 0 Å². The summed E-state index contributed by atoms with van der Waals surface area (Å²) >= 11 is 0. The van der Waals surface area contributed by atoms with E-state index in [0.717, 1.165) is 26.2 Å². The van der Waals surface area contributed by atoms with Crippen molar-refractivity contribution in [3.05, 3.63) is 0 Å². The van der Waals surface area contributed by atoms with Crippen LogP contribution >= 0.6 is 0 Å². The standard InChI is InChI=1S/C14H28N2O2/c1-11(2)5-6-16-8-12(7-13(17)18)15-9-14(3,4)10-16/h11-12,15H,5-10H2,1-4H3,(H,17,18). The third-order valence-electron chi connectivity index (χ3n) is 3.44. The van der Waals surface area contributed by atoms with E-state index in [9.17, 15) is 4.79 Å². The Hall–Kier alpha value is -0.610. The molecule has 0 amide bonds. The Morgan fingerprint density at radius 2 is 2.17 bits per heavy atom. The van der Waals surface area contributed by atoms with E-state index in [1.165, 1.54) is 6.42 Å². The largest absolute Gasteiger partial charge is 0.481 e. The van der Waals surface area contributed by atoms with E-state index in [4.69, 9.17) is 5.11 Å². The molecule has 0 aromatic rings. The molecule has 1 aliphatic rings. The van der Waals surface area contributed by atoms with Crippen LogP contribution in [0.5, 0.6) is 0 Å². The molecule has 106 valence electrons. The van der Waals surface area contributed by atoms with Crippen molar-refractivity contribution < 1.29 is 9.90 Å². The second kappa shape index (κ2) is 6.53. The van der Waals surface area contributed by atoms with Crippen molar-refractivity contribution in [3.63, 3.8) is 0 Å². The minimum Gasteiger partial charge on any atom is -0.481 e. The topological polar surface area (TPSA) is 52.6 Å². The minimum atomic E-state index is -0.712. The summed E-state index contributed by atoms with van der Waals surface area (Å²) in [4.78, 5) is 13.3. The summed E-state index contributed by atoms with van der Waals surface area (Å²) in [6.45, 7) is 12.8. The van der Waals surface area contributed by atoms with Gasteiger partial charge in [0.1, 0.15) is 0 Å². The highest BCUT2D eigenvalue weighted by molar-refractivity contribution is 5.67. The lowest BCUT2D eigenvalue weighted by Crippen LogP contribution is -2.39. The van der Waals surface area contributed by atoms with E-state index in [1.54, 1.807) is 0 Å². The Labute approximate surface area is 111 Å². The molecule has 1 atom stereocenters. The van der Waals surface area contributed by atoms with Gasteiger partial charge in [-0.2, -0.15) is 0 Å². The van der Waals surface area contributed by atoms with Gasteiger partial charge < -0.3 is 15.3 Å². The molecule has 1 rings (SSSR count). The summed E-state index contributed by atoms with van der Waals surface area (Å²) in [5.41, 5.74) is 0.213. The highest BCUT2D eigenvalue weighted by Gasteiger charge is 2.29. The fourth-order valence-electron chi connectivity index (χ4n) is 2.48. The first-order chi connectivity index (χ1) is 8.28. The number of nitrogens with one attached hydrogen (secondary N) is 1. The zero-order valence-electron chi connectivity index (χ0n) is 12.2. The Bertz CT molecular complexity index is 277. The molecule has 0 radical (unpaired) electrons. The van der Waals surface area contributed by atoms with Gasteiger partial charge in [0.15, 0.2) is 0 Å². The molecule has 0 saturated carbocycles. The molecule has 0 aromatic heterocycles. The Kier molecular flexibility index (Phi) is 5.60. The fraction of sp³-hybridized carbons (Fsp3) is 0.929. The summed E-state index contributed by atoms with van der Waals surface area (Å²) < 4.78 is 0. The third kappa shape index (κ3) is 5.83. The molecule has 0 bridgehead atoms. The van der Waals surface area contributed by atoms with E-state index >= 15 is 0 Å². The van der Waals surface area contributed by atoms with Crippen LogP contribution in [-0.4, -0.2) is 48.2 Å².